The van der Waals surface area contributed by atoms with Crippen molar-refractivity contribution in [2.24, 2.45) is 5.92 Å². The summed E-state index contributed by atoms with van der Waals surface area (Å²) in [6.07, 6.45) is 5.40. The highest BCUT2D eigenvalue weighted by molar-refractivity contribution is 7.89. The summed E-state index contributed by atoms with van der Waals surface area (Å²) in [5, 5.41) is 0. The van der Waals surface area contributed by atoms with E-state index in [-0.39, 0.29) is 16.7 Å². The molecule has 1 fully saturated rings. The molecule has 6 heteroatoms. The van der Waals surface area contributed by atoms with Crippen molar-refractivity contribution in [3.05, 3.63) is 59.7 Å². The van der Waals surface area contributed by atoms with Crippen LogP contribution in [-0.4, -0.2) is 27.4 Å². The number of carbonyl (C=O) groups excluding carboxylic acids is 1. The van der Waals surface area contributed by atoms with Crippen LogP contribution in [0.2, 0.25) is 0 Å². The van der Waals surface area contributed by atoms with Crippen molar-refractivity contribution >= 4 is 21.6 Å². The fraction of sp³-hybridized carbons (Fsp3) is 0.409. The first-order valence-electron chi connectivity index (χ1n) is 10.0. The normalized spacial score (nSPS) is 17.1. The lowest BCUT2D eigenvalue weighted by atomic mass is 9.83. The zero-order chi connectivity index (χ0) is 19.6. The highest BCUT2D eigenvalue weighted by Gasteiger charge is 2.32. The van der Waals surface area contributed by atoms with E-state index >= 15 is 0 Å². The van der Waals surface area contributed by atoms with Gasteiger partial charge in [-0.3, -0.25) is 4.79 Å². The van der Waals surface area contributed by atoms with Gasteiger partial charge in [-0.15, -0.1) is 0 Å². The molecule has 1 amide bonds. The third-order valence-electron chi connectivity index (χ3n) is 5.75. The summed E-state index contributed by atoms with van der Waals surface area (Å²) in [5.74, 6) is 0.345. The van der Waals surface area contributed by atoms with Crippen LogP contribution >= 0.6 is 0 Å². The van der Waals surface area contributed by atoms with E-state index in [9.17, 15) is 13.2 Å². The predicted molar refractivity (Wildman–Crippen MR) is 110 cm³/mol. The molecule has 148 valence electrons. The smallest absolute Gasteiger partial charge is 0.240 e. The maximum atomic E-state index is 12.7. The summed E-state index contributed by atoms with van der Waals surface area (Å²) >= 11 is 0. The molecule has 28 heavy (non-hydrogen) atoms. The lowest BCUT2D eigenvalue weighted by molar-refractivity contribution is -0.124. The van der Waals surface area contributed by atoms with Crippen LogP contribution in [-0.2, 0) is 27.7 Å². The molecule has 2 aromatic carbocycles. The van der Waals surface area contributed by atoms with Crippen LogP contribution < -0.4 is 9.62 Å². The molecule has 1 saturated carbocycles. The summed E-state index contributed by atoms with van der Waals surface area (Å²) in [4.78, 5) is 14.8. The van der Waals surface area contributed by atoms with Gasteiger partial charge < -0.3 is 4.90 Å². The molecule has 2 aromatic rings. The van der Waals surface area contributed by atoms with Crippen molar-refractivity contribution in [2.45, 2.75) is 43.4 Å². The minimum atomic E-state index is -3.56. The maximum Gasteiger partial charge on any atom is 0.240 e. The fourth-order valence-electron chi connectivity index (χ4n) is 3.90. The van der Waals surface area contributed by atoms with E-state index < -0.39 is 10.0 Å². The molecule has 0 atom stereocenters. The van der Waals surface area contributed by atoms with Crippen molar-refractivity contribution in [1.82, 2.24) is 4.72 Å². The summed E-state index contributed by atoms with van der Waals surface area (Å²) < 4.78 is 28.1. The molecule has 0 saturated heterocycles. The Hall–Kier alpha value is -2.18. The Morgan fingerprint density at radius 2 is 1.86 bits per heavy atom. The molecule has 1 aliphatic carbocycles. The molecule has 0 radical (unpaired) electrons. The molecular weight excluding hydrogens is 372 g/mol. The van der Waals surface area contributed by atoms with Crippen molar-refractivity contribution in [3.8, 4) is 0 Å². The van der Waals surface area contributed by atoms with Gasteiger partial charge in [-0.2, -0.15) is 0 Å². The quantitative estimate of drug-likeness (QED) is 0.812. The van der Waals surface area contributed by atoms with Gasteiger partial charge in [0.2, 0.25) is 15.9 Å². The molecule has 0 spiro atoms. The number of fused-ring (bicyclic) bond motifs is 1. The highest BCUT2D eigenvalue weighted by atomic mass is 32.2. The first-order valence-corrected chi connectivity index (χ1v) is 11.5. The minimum absolute atomic E-state index is 0.147. The van der Waals surface area contributed by atoms with E-state index in [2.05, 4.69) is 4.72 Å². The van der Waals surface area contributed by atoms with Crippen LogP contribution in [0.5, 0.6) is 0 Å². The van der Waals surface area contributed by atoms with E-state index in [1.165, 1.54) is 0 Å². The van der Waals surface area contributed by atoms with Gasteiger partial charge in [-0.25, -0.2) is 13.1 Å². The van der Waals surface area contributed by atoms with Crippen LogP contribution in [0, 0.1) is 5.92 Å². The summed E-state index contributed by atoms with van der Waals surface area (Å²) in [6, 6.07) is 15.0. The number of anilines is 1. The second-order valence-electron chi connectivity index (χ2n) is 7.65. The Morgan fingerprint density at radius 1 is 1.07 bits per heavy atom. The number of hydrogen-bond acceptors (Lipinski definition) is 3. The highest BCUT2D eigenvalue weighted by Crippen LogP contribution is 2.34. The van der Waals surface area contributed by atoms with Crippen LogP contribution in [0.15, 0.2) is 53.4 Å². The van der Waals surface area contributed by atoms with E-state index in [1.54, 1.807) is 18.2 Å². The first-order chi connectivity index (χ1) is 13.5. The summed E-state index contributed by atoms with van der Waals surface area (Å²) in [5.41, 5.74) is 2.93. The molecule has 1 aliphatic heterocycles. The topological polar surface area (TPSA) is 66.5 Å². The van der Waals surface area contributed by atoms with Crippen LogP contribution in [0.1, 0.15) is 36.8 Å². The number of amides is 1. The molecule has 0 bridgehead atoms. The lowest BCUT2D eigenvalue weighted by Gasteiger charge is -2.35. The maximum absolute atomic E-state index is 12.7. The molecular formula is C22H26N2O3S. The van der Waals surface area contributed by atoms with Gasteiger partial charge in [-0.1, -0.05) is 36.8 Å². The van der Waals surface area contributed by atoms with E-state index in [1.807, 2.05) is 35.2 Å². The Labute approximate surface area is 166 Å². The van der Waals surface area contributed by atoms with Gasteiger partial charge in [0.05, 0.1) is 4.90 Å². The predicted octanol–water partition coefficient (Wildman–Crippen LogP) is 3.29. The Morgan fingerprint density at radius 3 is 2.57 bits per heavy atom. The second kappa shape index (κ2) is 8.05. The van der Waals surface area contributed by atoms with Crippen molar-refractivity contribution in [3.63, 3.8) is 0 Å². The van der Waals surface area contributed by atoms with Gasteiger partial charge in [0, 0.05) is 24.7 Å². The van der Waals surface area contributed by atoms with Gasteiger partial charge in [-0.05, 0) is 61.4 Å². The molecule has 5 nitrogen and oxygen atoms in total. The van der Waals surface area contributed by atoms with Crippen molar-refractivity contribution < 1.29 is 13.2 Å². The molecule has 0 unspecified atom stereocenters. The number of nitrogens with one attached hydrogen (secondary N) is 1. The Kier molecular flexibility index (Phi) is 5.51. The fourth-order valence-corrected chi connectivity index (χ4v) is 4.98. The standard InChI is InChI=1S/C22H26N2O3S/c25-22(18-8-4-9-18)24-15-5-10-19-16-20(11-12-21(19)24)28(26,27)23-14-13-17-6-2-1-3-7-17/h1-3,6-7,11-12,16,18,23H,4-5,8-10,13-15H2. The summed E-state index contributed by atoms with van der Waals surface area (Å²) in [6.45, 7) is 1.08. The van der Waals surface area contributed by atoms with E-state index in [0.29, 0.717) is 13.0 Å². The molecule has 0 aromatic heterocycles. The minimum Gasteiger partial charge on any atom is -0.312 e. The van der Waals surface area contributed by atoms with Gasteiger partial charge in [0.15, 0.2) is 0 Å². The molecule has 4 rings (SSSR count). The number of nitrogens with zero attached hydrogens (tertiary/aromatic N) is 1. The van der Waals surface area contributed by atoms with Crippen LogP contribution in [0.4, 0.5) is 5.69 Å². The number of aryl methyl sites for hydroxylation is 1. The molecule has 2 aliphatic rings. The molecule has 1 heterocycles. The van der Waals surface area contributed by atoms with Crippen molar-refractivity contribution in [1.29, 1.82) is 0 Å². The second-order valence-corrected chi connectivity index (χ2v) is 9.41. The lowest BCUT2D eigenvalue weighted by Crippen LogP contribution is -2.41. The van der Waals surface area contributed by atoms with Gasteiger partial charge in [0.1, 0.15) is 0 Å². The van der Waals surface area contributed by atoms with E-state index in [0.717, 1.165) is 55.5 Å². The third kappa shape index (κ3) is 3.98. The van der Waals surface area contributed by atoms with E-state index in [4.69, 9.17) is 0 Å². The SMILES string of the molecule is O=C(C1CCC1)N1CCCc2cc(S(=O)(=O)NCCc3ccccc3)ccc21. The Bertz CT molecular complexity index is 953. The summed E-state index contributed by atoms with van der Waals surface area (Å²) in [7, 11) is -3.56. The van der Waals surface area contributed by atoms with Gasteiger partial charge in [0.25, 0.3) is 0 Å². The molecule has 1 N–H and O–H groups in total. The third-order valence-corrected chi connectivity index (χ3v) is 7.21. The first kappa shape index (κ1) is 19.2. The van der Waals surface area contributed by atoms with Gasteiger partial charge >= 0.3 is 0 Å². The monoisotopic (exact) mass is 398 g/mol. The average Bonchev–Trinajstić information content (AvgIpc) is 2.66. The Balaban J connectivity index is 1.47. The zero-order valence-electron chi connectivity index (χ0n) is 15.9. The zero-order valence-corrected chi connectivity index (χ0v) is 16.7. The number of hydrogen-bond donors (Lipinski definition) is 1. The average molecular weight is 399 g/mol. The number of carbonyl (C=O) groups is 1. The largest absolute Gasteiger partial charge is 0.312 e. The number of sulfonamides is 1. The number of rotatable bonds is 6. The number of benzene rings is 2. The van der Waals surface area contributed by atoms with Crippen molar-refractivity contribution in [2.75, 3.05) is 18.0 Å². The van der Waals surface area contributed by atoms with Crippen LogP contribution in [0.3, 0.4) is 0 Å². The van der Waals surface area contributed by atoms with Crippen LogP contribution in [0.25, 0.3) is 0 Å².